The Morgan fingerprint density at radius 2 is 1.88 bits per heavy atom. The summed E-state index contributed by atoms with van der Waals surface area (Å²) in [7, 11) is -1.62. The number of benzene rings is 1. The lowest BCUT2D eigenvalue weighted by Crippen LogP contribution is -2.24. The molecule has 0 unspecified atom stereocenters. The second-order valence-corrected chi connectivity index (χ2v) is 9.79. The van der Waals surface area contributed by atoms with Crippen LogP contribution >= 0.6 is 27.5 Å². The van der Waals surface area contributed by atoms with E-state index in [2.05, 4.69) is 40.6 Å². The smallest absolute Gasteiger partial charge is 0.244 e. The summed E-state index contributed by atoms with van der Waals surface area (Å²) < 4.78 is 5.76. The van der Waals surface area contributed by atoms with E-state index in [0.717, 1.165) is 10.6 Å². The van der Waals surface area contributed by atoms with Crippen LogP contribution in [-0.4, -0.2) is 14.5 Å². The van der Waals surface area contributed by atoms with Crippen molar-refractivity contribution in [1.29, 1.82) is 0 Å². The molecule has 0 saturated heterocycles. The first-order chi connectivity index (χ1) is 7.90. The summed E-state index contributed by atoms with van der Waals surface area (Å²) in [4.78, 5) is 5.98. The van der Waals surface area contributed by atoms with E-state index in [0.29, 0.717) is 5.88 Å². The van der Waals surface area contributed by atoms with Crippen LogP contribution in [-0.2, 0) is 4.43 Å². The summed E-state index contributed by atoms with van der Waals surface area (Å²) in [5.41, 5.74) is 0.987. The molecule has 0 spiro atoms. The highest BCUT2D eigenvalue weighted by Crippen LogP contribution is 2.13. The fourth-order valence-electron chi connectivity index (χ4n) is 1.08. The Morgan fingerprint density at radius 1 is 1.29 bits per heavy atom. The van der Waals surface area contributed by atoms with Crippen molar-refractivity contribution in [3.63, 3.8) is 0 Å². The molecule has 92 valence electrons. The van der Waals surface area contributed by atoms with Crippen LogP contribution < -0.4 is 0 Å². The predicted molar refractivity (Wildman–Crippen MR) is 80.5 cm³/mol. The van der Waals surface area contributed by atoms with Crippen LogP contribution in [0.2, 0.25) is 24.7 Å². The van der Waals surface area contributed by atoms with Crippen molar-refractivity contribution < 1.29 is 4.43 Å². The van der Waals surface area contributed by atoms with Gasteiger partial charge in [-0.1, -0.05) is 39.7 Å². The standard InChI is InChI=1S/C12H15BrClNOSi/c1-17(2,3)16-12(8-13)15-9-10-4-6-11(14)7-5-10/h4-9H,1-3H3/b12-8-,15-9+. The molecule has 1 aromatic carbocycles. The molecule has 0 aliphatic rings. The fourth-order valence-corrected chi connectivity index (χ4v) is 2.33. The Bertz CT molecular complexity index is 423. The molecule has 0 amide bonds. The van der Waals surface area contributed by atoms with Gasteiger partial charge >= 0.3 is 0 Å². The number of halogens is 2. The molecule has 2 nitrogen and oxygen atoms in total. The highest BCUT2D eigenvalue weighted by Gasteiger charge is 2.16. The molecule has 17 heavy (non-hydrogen) atoms. The Kier molecular flexibility index (Phi) is 5.43. The van der Waals surface area contributed by atoms with Crippen LogP contribution in [0.25, 0.3) is 0 Å². The van der Waals surface area contributed by atoms with E-state index in [-0.39, 0.29) is 0 Å². The molecule has 5 heteroatoms. The molecule has 0 atom stereocenters. The molecule has 0 aliphatic heterocycles. The van der Waals surface area contributed by atoms with Gasteiger partial charge in [0.05, 0.1) is 0 Å². The van der Waals surface area contributed by atoms with Crippen LogP contribution in [0.1, 0.15) is 5.56 Å². The predicted octanol–water partition coefficient (Wildman–Crippen LogP) is 4.80. The third-order valence-corrected chi connectivity index (χ3v) is 3.18. The van der Waals surface area contributed by atoms with Crippen molar-refractivity contribution in [2.75, 3.05) is 0 Å². The van der Waals surface area contributed by atoms with Gasteiger partial charge < -0.3 is 4.43 Å². The van der Waals surface area contributed by atoms with Crippen LogP contribution in [0.3, 0.4) is 0 Å². The first-order valence-corrected chi connectivity index (χ1v) is 9.90. The van der Waals surface area contributed by atoms with E-state index in [9.17, 15) is 0 Å². The molecule has 0 fully saturated rings. The first-order valence-electron chi connectivity index (χ1n) is 5.20. The van der Waals surface area contributed by atoms with E-state index in [1.54, 1.807) is 11.2 Å². The highest BCUT2D eigenvalue weighted by molar-refractivity contribution is 9.11. The Hall–Kier alpha value is -0.583. The molecule has 0 radical (unpaired) electrons. The van der Waals surface area contributed by atoms with Crippen molar-refractivity contribution in [2.45, 2.75) is 19.6 Å². The van der Waals surface area contributed by atoms with Crippen molar-refractivity contribution in [3.05, 3.63) is 45.7 Å². The second kappa shape index (κ2) is 6.38. The molecule has 0 aliphatic carbocycles. The SMILES string of the molecule is C[Si](C)(C)OC(=C\Br)/N=C/c1ccc(Cl)cc1. The number of rotatable bonds is 4. The second-order valence-electron chi connectivity index (χ2n) is 4.47. The zero-order valence-electron chi connectivity index (χ0n) is 10.1. The van der Waals surface area contributed by atoms with Gasteiger partial charge in [-0.2, -0.15) is 0 Å². The van der Waals surface area contributed by atoms with Gasteiger partial charge in [-0.3, -0.25) is 0 Å². The van der Waals surface area contributed by atoms with E-state index < -0.39 is 8.32 Å². The zero-order valence-corrected chi connectivity index (χ0v) is 13.4. The van der Waals surface area contributed by atoms with Gasteiger partial charge in [-0.05, 0) is 37.3 Å². The number of hydrogen-bond donors (Lipinski definition) is 0. The normalized spacial score (nSPS) is 13.1. The molecule has 1 rings (SSSR count). The molecule has 0 N–H and O–H groups in total. The summed E-state index contributed by atoms with van der Waals surface area (Å²) in [6.07, 6.45) is 1.75. The molecule has 0 bridgehead atoms. The summed E-state index contributed by atoms with van der Waals surface area (Å²) in [5.74, 6) is 0.596. The zero-order chi connectivity index (χ0) is 12.9. The van der Waals surface area contributed by atoms with E-state index in [4.69, 9.17) is 16.0 Å². The molecule has 0 saturated carbocycles. The Balaban J connectivity index is 2.72. The lowest BCUT2D eigenvalue weighted by atomic mass is 10.2. The highest BCUT2D eigenvalue weighted by atomic mass is 79.9. The minimum atomic E-state index is -1.62. The topological polar surface area (TPSA) is 21.6 Å². The van der Waals surface area contributed by atoms with Crippen LogP contribution in [0.5, 0.6) is 0 Å². The lowest BCUT2D eigenvalue weighted by molar-refractivity contribution is 0.420. The minimum Gasteiger partial charge on any atom is -0.531 e. The molecule has 1 aromatic rings. The lowest BCUT2D eigenvalue weighted by Gasteiger charge is -2.18. The Labute approximate surface area is 117 Å². The molecular formula is C12H15BrClNOSi. The first kappa shape index (κ1) is 14.5. The van der Waals surface area contributed by atoms with Crippen molar-refractivity contribution >= 4 is 42.1 Å². The fraction of sp³-hybridized carbons (Fsp3) is 0.250. The van der Waals surface area contributed by atoms with E-state index in [1.165, 1.54) is 0 Å². The number of hydrogen-bond acceptors (Lipinski definition) is 2. The summed E-state index contributed by atoms with van der Waals surface area (Å²) in [5, 5.41) is 0.719. The van der Waals surface area contributed by atoms with Crippen molar-refractivity contribution in [3.8, 4) is 0 Å². The van der Waals surface area contributed by atoms with E-state index >= 15 is 0 Å². The van der Waals surface area contributed by atoms with E-state index in [1.807, 2.05) is 24.3 Å². The molecule has 0 heterocycles. The summed E-state index contributed by atoms with van der Waals surface area (Å²) in [6.45, 7) is 6.34. The maximum absolute atomic E-state index is 5.81. The van der Waals surface area contributed by atoms with Gasteiger partial charge in [0.2, 0.25) is 14.2 Å². The summed E-state index contributed by atoms with van der Waals surface area (Å²) >= 11 is 9.06. The van der Waals surface area contributed by atoms with Gasteiger partial charge in [0.25, 0.3) is 0 Å². The summed E-state index contributed by atoms with van der Waals surface area (Å²) in [6, 6.07) is 7.48. The quantitative estimate of drug-likeness (QED) is 0.441. The monoisotopic (exact) mass is 331 g/mol. The number of nitrogens with zero attached hydrogens (tertiary/aromatic N) is 1. The molecular weight excluding hydrogens is 318 g/mol. The van der Waals surface area contributed by atoms with Crippen LogP contribution in [0, 0.1) is 0 Å². The van der Waals surface area contributed by atoms with Crippen molar-refractivity contribution in [1.82, 2.24) is 0 Å². The Morgan fingerprint density at radius 3 is 2.35 bits per heavy atom. The molecule has 0 aromatic heterocycles. The number of aliphatic imine (C=N–C) groups is 1. The van der Waals surface area contributed by atoms with Crippen LogP contribution in [0.4, 0.5) is 0 Å². The maximum atomic E-state index is 5.81. The minimum absolute atomic E-state index is 0.596. The third kappa shape index (κ3) is 6.05. The van der Waals surface area contributed by atoms with Gasteiger partial charge in [-0.15, -0.1) is 0 Å². The largest absolute Gasteiger partial charge is 0.531 e. The third-order valence-electron chi connectivity index (χ3n) is 1.71. The van der Waals surface area contributed by atoms with Gasteiger partial charge in [0, 0.05) is 16.2 Å². The maximum Gasteiger partial charge on any atom is 0.244 e. The van der Waals surface area contributed by atoms with Gasteiger partial charge in [-0.25, -0.2) is 4.99 Å². The van der Waals surface area contributed by atoms with Crippen molar-refractivity contribution in [2.24, 2.45) is 4.99 Å². The van der Waals surface area contributed by atoms with Gasteiger partial charge in [0.15, 0.2) is 0 Å². The van der Waals surface area contributed by atoms with Gasteiger partial charge in [0.1, 0.15) is 0 Å². The van der Waals surface area contributed by atoms with Crippen LogP contribution in [0.15, 0.2) is 40.1 Å². The average Bonchev–Trinajstić information content (AvgIpc) is 2.25. The average molecular weight is 333 g/mol.